The molecular formula is C14H27F3N2. The minimum Gasteiger partial charge on any atom is -0.311 e. The van der Waals surface area contributed by atoms with Gasteiger partial charge in [0.15, 0.2) is 0 Å². The Kier molecular flexibility index (Phi) is 6.60. The van der Waals surface area contributed by atoms with Crippen LogP contribution in [0.5, 0.6) is 0 Å². The van der Waals surface area contributed by atoms with E-state index in [0.717, 1.165) is 26.1 Å². The summed E-state index contributed by atoms with van der Waals surface area (Å²) in [6.07, 6.45) is -2.64. The number of hydrogen-bond acceptors (Lipinski definition) is 2. The van der Waals surface area contributed by atoms with Gasteiger partial charge in [-0.05, 0) is 38.6 Å². The maximum atomic E-state index is 12.1. The van der Waals surface area contributed by atoms with Gasteiger partial charge in [-0.2, -0.15) is 13.2 Å². The molecule has 1 saturated heterocycles. The summed E-state index contributed by atoms with van der Waals surface area (Å²) >= 11 is 0. The van der Waals surface area contributed by atoms with Crippen LogP contribution in [0.2, 0.25) is 0 Å². The summed E-state index contributed by atoms with van der Waals surface area (Å²) in [5.74, 6) is 0.651. The molecule has 1 N–H and O–H groups in total. The van der Waals surface area contributed by atoms with E-state index in [-0.39, 0.29) is 6.42 Å². The van der Waals surface area contributed by atoms with Crippen LogP contribution in [0.4, 0.5) is 13.2 Å². The molecule has 2 nitrogen and oxygen atoms in total. The molecule has 2 atom stereocenters. The number of unbranched alkanes of at least 4 members (excludes halogenated alkanes) is 1. The van der Waals surface area contributed by atoms with E-state index in [1.807, 2.05) is 0 Å². The van der Waals surface area contributed by atoms with Gasteiger partial charge < -0.3 is 5.32 Å². The van der Waals surface area contributed by atoms with Crippen LogP contribution < -0.4 is 5.32 Å². The predicted molar refractivity (Wildman–Crippen MR) is 72.2 cm³/mol. The van der Waals surface area contributed by atoms with Crippen molar-refractivity contribution in [3.05, 3.63) is 0 Å². The summed E-state index contributed by atoms with van der Waals surface area (Å²) in [4.78, 5) is 2.33. The average Bonchev–Trinajstić information content (AvgIpc) is 2.26. The molecule has 1 heterocycles. The molecule has 0 saturated carbocycles. The first-order valence-electron chi connectivity index (χ1n) is 7.32. The first-order valence-corrected chi connectivity index (χ1v) is 7.32. The second kappa shape index (κ2) is 7.48. The summed E-state index contributed by atoms with van der Waals surface area (Å²) in [6.45, 7) is 9.23. The van der Waals surface area contributed by atoms with E-state index in [4.69, 9.17) is 0 Å². The molecule has 0 aromatic heterocycles. The lowest BCUT2D eigenvalue weighted by molar-refractivity contribution is -0.135. The third-order valence-corrected chi connectivity index (χ3v) is 3.69. The summed E-state index contributed by atoms with van der Waals surface area (Å²) in [5.41, 5.74) is 0. The Hall–Kier alpha value is -0.290. The maximum absolute atomic E-state index is 12.1. The van der Waals surface area contributed by atoms with Crippen LogP contribution in [0.1, 0.15) is 46.5 Å². The van der Waals surface area contributed by atoms with Gasteiger partial charge in [-0.25, -0.2) is 0 Å². The molecule has 0 amide bonds. The van der Waals surface area contributed by atoms with Gasteiger partial charge in [-0.1, -0.05) is 13.8 Å². The van der Waals surface area contributed by atoms with Crippen molar-refractivity contribution in [3.8, 4) is 0 Å². The third-order valence-electron chi connectivity index (χ3n) is 3.69. The smallest absolute Gasteiger partial charge is 0.311 e. The van der Waals surface area contributed by atoms with Gasteiger partial charge in [-0.15, -0.1) is 0 Å². The molecule has 1 aliphatic heterocycles. The van der Waals surface area contributed by atoms with Crippen molar-refractivity contribution in [2.45, 2.75) is 64.7 Å². The molecule has 5 heteroatoms. The minimum absolute atomic E-state index is 0.245. The Labute approximate surface area is 114 Å². The Morgan fingerprint density at radius 1 is 1.26 bits per heavy atom. The zero-order chi connectivity index (χ0) is 14.5. The SMILES string of the molecule is CC(C)CC1CN(CCCCC(F)(F)F)C(C)CN1. The number of hydrogen-bond donors (Lipinski definition) is 1. The van der Waals surface area contributed by atoms with Crippen LogP contribution in [0.15, 0.2) is 0 Å². The molecule has 0 aromatic rings. The molecular weight excluding hydrogens is 253 g/mol. The second-order valence-corrected chi connectivity index (χ2v) is 6.15. The molecule has 0 spiro atoms. The highest BCUT2D eigenvalue weighted by molar-refractivity contribution is 4.84. The lowest BCUT2D eigenvalue weighted by atomic mass is 10.00. The van der Waals surface area contributed by atoms with E-state index < -0.39 is 12.6 Å². The van der Waals surface area contributed by atoms with Crippen LogP contribution in [-0.4, -0.2) is 42.8 Å². The zero-order valence-electron chi connectivity index (χ0n) is 12.3. The summed E-state index contributed by atoms with van der Waals surface area (Å²) in [6, 6.07) is 0.910. The zero-order valence-corrected chi connectivity index (χ0v) is 12.3. The normalized spacial score (nSPS) is 26.1. The fourth-order valence-corrected chi connectivity index (χ4v) is 2.67. The van der Waals surface area contributed by atoms with Crippen molar-refractivity contribution in [2.24, 2.45) is 5.92 Å². The number of piperazine rings is 1. The Bertz CT molecular complexity index is 254. The molecule has 1 aliphatic rings. The van der Waals surface area contributed by atoms with Gasteiger partial charge >= 0.3 is 6.18 Å². The van der Waals surface area contributed by atoms with Crippen molar-refractivity contribution < 1.29 is 13.2 Å². The van der Waals surface area contributed by atoms with Gasteiger partial charge in [0.1, 0.15) is 0 Å². The van der Waals surface area contributed by atoms with Crippen LogP contribution in [0, 0.1) is 5.92 Å². The van der Waals surface area contributed by atoms with E-state index in [1.165, 1.54) is 0 Å². The molecule has 1 fully saturated rings. The molecule has 0 aromatic carbocycles. The molecule has 2 unspecified atom stereocenters. The number of alkyl halides is 3. The van der Waals surface area contributed by atoms with Gasteiger partial charge in [0, 0.05) is 31.6 Å². The van der Waals surface area contributed by atoms with Crippen LogP contribution >= 0.6 is 0 Å². The van der Waals surface area contributed by atoms with E-state index in [2.05, 4.69) is 31.0 Å². The van der Waals surface area contributed by atoms with Gasteiger partial charge in [-0.3, -0.25) is 4.90 Å². The van der Waals surface area contributed by atoms with Gasteiger partial charge in [0.25, 0.3) is 0 Å². The Balaban J connectivity index is 2.26. The minimum atomic E-state index is -4.00. The quantitative estimate of drug-likeness (QED) is 0.750. The molecule has 19 heavy (non-hydrogen) atoms. The Morgan fingerprint density at radius 3 is 2.53 bits per heavy atom. The average molecular weight is 280 g/mol. The van der Waals surface area contributed by atoms with Crippen LogP contribution in [0.3, 0.4) is 0 Å². The van der Waals surface area contributed by atoms with E-state index >= 15 is 0 Å². The highest BCUT2D eigenvalue weighted by Gasteiger charge is 2.27. The van der Waals surface area contributed by atoms with E-state index in [0.29, 0.717) is 24.4 Å². The molecule has 0 radical (unpaired) electrons. The van der Waals surface area contributed by atoms with Gasteiger partial charge in [0.05, 0.1) is 0 Å². The number of nitrogens with zero attached hydrogens (tertiary/aromatic N) is 1. The molecule has 0 aliphatic carbocycles. The van der Waals surface area contributed by atoms with Crippen molar-refractivity contribution in [1.82, 2.24) is 10.2 Å². The first-order chi connectivity index (χ1) is 8.78. The van der Waals surface area contributed by atoms with Crippen molar-refractivity contribution in [2.75, 3.05) is 19.6 Å². The predicted octanol–water partition coefficient (Wildman–Crippen LogP) is 3.43. The molecule has 0 bridgehead atoms. The third kappa shape index (κ3) is 7.16. The number of rotatable bonds is 6. The lowest BCUT2D eigenvalue weighted by Crippen LogP contribution is -2.55. The van der Waals surface area contributed by atoms with E-state index in [9.17, 15) is 13.2 Å². The highest BCUT2D eigenvalue weighted by atomic mass is 19.4. The van der Waals surface area contributed by atoms with Crippen LogP contribution in [0.25, 0.3) is 0 Å². The standard InChI is InChI=1S/C14H27F3N2/c1-11(2)8-13-10-19(12(3)9-18-13)7-5-4-6-14(15,16)17/h11-13,18H,4-10H2,1-3H3. The van der Waals surface area contributed by atoms with E-state index in [1.54, 1.807) is 0 Å². The summed E-state index contributed by atoms with van der Waals surface area (Å²) in [7, 11) is 0. The number of nitrogens with one attached hydrogen (secondary N) is 1. The fraction of sp³-hybridized carbons (Fsp3) is 1.00. The second-order valence-electron chi connectivity index (χ2n) is 6.15. The van der Waals surface area contributed by atoms with Gasteiger partial charge in [0.2, 0.25) is 0 Å². The maximum Gasteiger partial charge on any atom is 0.389 e. The largest absolute Gasteiger partial charge is 0.389 e. The van der Waals surface area contributed by atoms with Crippen molar-refractivity contribution in [3.63, 3.8) is 0 Å². The lowest BCUT2D eigenvalue weighted by Gasteiger charge is -2.39. The highest BCUT2D eigenvalue weighted by Crippen LogP contribution is 2.22. The van der Waals surface area contributed by atoms with Crippen molar-refractivity contribution >= 4 is 0 Å². The monoisotopic (exact) mass is 280 g/mol. The molecule has 114 valence electrons. The summed E-state index contributed by atoms with van der Waals surface area (Å²) < 4.78 is 36.2. The molecule has 1 rings (SSSR count). The number of halogens is 3. The van der Waals surface area contributed by atoms with Crippen LogP contribution in [-0.2, 0) is 0 Å². The Morgan fingerprint density at radius 2 is 1.95 bits per heavy atom. The van der Waals surface area contributed by atoms with Crippen molar-refractivity contribution in [1.29, 1.82) is 0 Å². The summed E-state index contributed by atoms with van der Waals surface area (Å²) in [5, 5.41) is 3.52. The first kappa shape index (κ1) is 16.8. The topological polar surface area (TPSA) is 15.3 Å². The fourth-order valence-electron chi connectivity index (χ4n) is 2.67.